The number of carbonyl (C=O) groups is 2. The van der Waals surface area contributed by atoms with E-state index < -0.39 is 5.97 Å². The number of hydrogen-bond acceptors (Lipinski definition) is 3. The van der Waals surface area contributed by atoms with E-state index in [-0.39, 0.29) is 18.1 Å². The maximum Gasteiger partial charge on any atom is 0.335 e. The molecule has 0 heterocycles. The molecule has 0 fully saturated rings. The van der Waals surface area contributed by atoms with Crippen LogP contribution in [0.15, 0.2) is 54.6 Å². The number of aromatic carboxylic acids is 1. The van der Waals surface area contributed by atoms with Crippen LogP contribution in [0.3, 0.4) is 0 Å². The van der Waals surface area contributed by atoms with Gasteiger partial charge in [-0.05, 0) is 23.8 Å². The van der Waals surface area contributed by atoms with Crippen molar-refractivity contribution >= 4 is 11.9 Å². The number of ether oxygens (including phenoxy) is 1. The van der Waals surface area contributed by atoms with Gasteiger partial charge in [0.25, 0.3) is 5.91 Å². The predicted octanol–water partition coefficient (Wildman–Crippen LogP) is 2.08. The van der Waals surface area contributed by atoms with Gasteiger partial charge in [0.2, 0.25) is 0 Å². The predicted molar refractivity (Wildman–Crippen MR) is 77.2 cm³/mol. The molecule has 21 heavy (non-hydrogen) atoms. The van der Waals surface area contributed by atoms with E-state index in [1.54, 1.807) is 12.1 Å². The molecule has 0 spiro atoms. The third-order valence-corrected chi connectivity index (χ3v) is 2.78. The van der Waals surface area contributed by atoms with Crippen LogP contribution in [0.2, 0.25) is 0 Å². The maximum atomic E-state index is 11.7. The van der Waals surface area contributed by atoms with Crippen molar-refractivity contribution in [2.75, 3.05) is 6.61 Å². The molecule has 0 aromatic heterocycles. The number of benzene rings is 2. The third-order valence-electron chi connectivity index (χ3n) is 2.78. The highest BCUT2D eigenvalue weighted by atomic mass is 16.5. The molecule has 0 saturated carbocycles. The third kappa shape index (κ3) is 4.65. The highest BCUT2D eigenvalue weighted by Gasteiger charge is 2.06. The summed E-state index contributed by atoms with van der Waals surface area (Å²) in [6.07, 6.45) is 0. The van der Waals surface area contributed by atoms with Gasteiger partial charge in [0, 0.05) is 6.54 Å². The first-order valence-corrected chi connectivity index (χ1v) is 6.42. The van der Waals surface area contributed by atoms with E-state index >= 15 is 0 Å². The van der Waals surface area contributed by atoms with Crippen LogP contribution in [0.1, 0.15) is 15.9 Å². The molecule has 1 amide bonds. The summed E-state index contributed by atoms with van der Waals surface area (Å²) in [7, 11) is 0. The molecule has 108 valence electrons. The zero-order valence-electron chi connectivity index (χ0n) is 11.3. The van der Waals surface area contributed by atoms with Gasteiger partial charge in [0.1, 0.15) is 5.75 Å². The highest BCUT2D eigenvalue weighted by Crippen LogP contribution is 2.13. The molecule has 2 rings (SSSR count). The molecule has 0 radical (unpaired) electrons. The molecule has 0 saturated heterocycles. The summed E-state index contributed by atoms with van der Waals surface area (Å²) in [4.78, 5) is 22.5. The van der Waals surface area contributed by atoms with E-state index in [1.165, 1.54) is 12.1 Å². The summed E-state index contributed by atoms with van der Waals surface area (Å²) < 4.78 is 5.27. The average Bonchev–Trinajstić information content (AvgIpc) is 2.52. The van der Waals surface area contributed by atoms with Gasteiger partial charge >= 0.3 is 5.97 Å². The Morgan fingerprint density at radius 1 is 1.05 bits per heavy atom. The smallest absolute Gasteiger partial charge is 0.335 e. The maximum absolute atomic E-state index is 11.7. The van der Waals surface area contributed by atoms with Gasteiger partial charge in [-0.3, -0.25) is 4.79 Å². The molecule has 0 aliphatic carbocycles. The van der Waals surface area contributed by atoms with Crippen LogP contribution in [0.25, 0.3) is 0 Å². The van der Waals surface area contributed by atoms with Gasteiger partial charge in [0.05, 0.1) is 5.56 Å². The largest absolute Gasteiger partial charge is 0.484 e. The van der Waals surface area contributed by atoms with Gasteiger partial charge in [0.15, 0.2) is 6.61 Å². The number of carbonyl (C=O) groups excluding carboxylic acids is 1. The number of amides is 1. The lowest BCUT2D eigenvalue weighted by Gasteiger charge is -2.08. The summed E-state index contributed by atoms with van der Waals surface area (Å²) in [6, 6.07) is 15.6. The molecule has 0 aliphatic heterocycles. The van der Waals surface area contributed by atoms with E-state index in [4.69, 9.17) is 9.84 Å². The molecule has 0 bridgehead atoms. The Kier molecular flexibility index (Phi) is 4.93. The zero-order chi connectivity index (χ0) is 15.1. The lowest BCUT2D eigenvalue weighted by molar-refractivity contribution is -0.123. The summed E-state index contributed by atoms with van der Waals surface area (Å²) in [5.74, 6) is -0.946. The van der Waals surface area contributed by atoms with Crippen molar-refractivity contribution in [2.24, 2.45) is 0 Å². The van der Waals surface area contributed by atoms with Crippen LogP contribution < -0.4 is 10.1 Å². The first-order chi connectivity index (χ1) is 10.1. The van der Waals surface area contributed by atoms with Crippen molar-refractivity contribution in [1.29, 1.82) is 0 Å². The lowest BCUT2D eigenvalue weighted by atomic mass is 10.2. The van der Waals surface area contributed by atoms with Crippen molar-refractivity contribution in [3.63, 3.8) is 0 Å². The summed E-state index contributed by atoms with van der Waals surface area (Å²) >= 11 is 0. The average molecular weight is 285 g/mol. The SMILES string of the molecule is O=C(COc1cccc(C(=O)O)c1)NCc1ccccc1. The van der Waals surface area contributed by atoms with Crippen LogP contribution in [-0.2, 0) is 11.3 Å². The van der Waals surface area contributed by atoms with Crippen LogP contribution in [0.5, 0.6) is 5.75 Å². The van der Waals surface area contributed by atoms with Crippen LogP contribution in [0, 0.1) is 0 Å². The quantitative estimate of drug-likeness (QED) is 0.852. The minimum Gasteiger partial charge on any atom is -0.484 e. The van der Waals surface area contributed by atoms with Crippen LogP contribution in [-0.4, -0.2) is 23.6 Å². The van der Waals surface area contributed by atoms with E-state index in [1.807, 2.05) is 30.3 Å². The van der Waals surface area contributed by atoms with Crippen molar-refractivity contribution in [1.82, 2.24) is 5.32 Å². The fourth-order valence-corrected chi connectivity index (χ4v) is 1.72. The van der Waals surface area contributed by atoms with Crippen molar-refractivity contribution < 1.29 is 19.4 Å². The number of carboxylic acids is 1. The molecular weight excluding hydrogens is 270 g/mol. The fourth-order valence-electron chi connectivity index (χ4n) is 1.72. The Hall–Kier alpha value is -2.82. The normalized spacial score (nSPS) is 9.90. The number of carboxylic acid groups (broad SMARTS) is 1. The van der Waals surface area contributed by atoms with E-state index in [9.17, 15) is 9.59 Å². The molecule has 5 nitrogen and oxygen atoms in total. The second-order valence-corrected chi connectivity index (χ2v) is 4.38. The first-order valence-electron chi connectivity index (χ1n) is 6.42. The van der Waals surface area contributed by atoms with Gasteiger partial charge in [-0.2, -0.15) is 0 Å². The number of nitrogens with one attached hydrogen (secondary N) is 1. The Morgan fingerprint density at radius 3 is 2.52 bits per heavy atom. The Morgan fingerprint density at radius 2 is 1.81 bits per heavy atom. The Labute approximate surface area is 122 Å². The minimum atomic E-state index is -1.03. The first kappa shape index (κ1) is 14.6. The van der Waals surface area contributed by atoms with Crippen molar-refractivity contribution in [3.05, 3.63) is 65.7 Å². The minimum absolute atomic E-state index is 0.122. The van der Waals surface area contributed by atoms with Gasteiger partial charge < -0.3 is 15.2 Å². The Balaban J connectivity index is 1.81. The molecule has 2 N–H and O–H groups in total. The van der Waals surface area contributed by atoms with Crippen LogP contribution >= 0.6 is 0 Å². The summed E-state index contributed by atoms with van der Waals surface area (Å²) in [5.41, 5.74) is 1.12. The molecular formula is C16H15NO4. The molecule has 0 unspecified atom stereocenters. The van der Waals surface area contributed by atoms with E-state index in [0.717, 1.165) is 5.56 Å². The van der Waals surface area contributed by atoms with Gasteiger partial charge in [-0.15, -0.1) is 0 Å². The van der Waals surface area contributed by atoms with E-state index in [2.05, 4.69) is 5.32 Å². The van der Waals surface area contributed by atoms with Gasteiger partial charge in [-0.1, -0.05) is 36.4 Å². The molecule has 2 aromatic carbocycles. The van der Waals surface area contributed by atoms with E-state index in [0.29, 0.717) is 12.3 Å². The molecule has 0 aliphatic rings. The Bertz CT molecular complexity index is 625. The molecule has 5 heteroatoms. The topological polar surface area (TPSA) is 75.6 Å². The molecule has 0 atom stereocenters. The second-order valence-electron chi connectivity index (χ2n) is 4.38. The second kappa shape index (κ2) is 7.09. The number of hydrogen-bond donors (Lipinski definition) is 2. The fraction of sp³-hybridized carbons (Fsp3) is 0.125. The summed E-state index contributed by atoms with van der Waals surface area (Å²) in [6.45, 7) is 0.272. The van der Waals surface area contributed by atoms with Crippen molar-refractivity contribution in [3.8, 4) is 5.75 Å². The highest BCUT2D eigenvalue weighted by molar-refractivity contribution is 5.88. The molecule has 2 aromatic rings. The van der Waals surface area contributed by atoms with Gasteiger partial charge in [-0.25, -0.2) is 4.79 Å². The monoisotopic (exact) mass is 285 g/mol. The zero-order valence-corrected chi connectivity index (χ0v) is 11.3. The lowest BCUT2D eigenvalue weighted by Crippen LogP contribution is -2.28. The van der Waals surface area contributed by atoms with Crippen molar-refractivity contribution in [2.45, 2.75) is 6.54 Å². The summed E-state index contributed by atoms with van der Waals surface area (Å²) in [5, 5.41) is 11.6. The standard InChI is InChI=1S/C16H15NO4/c18-15(17-10-12-5-2-1-3-6-12)11-21-14-8-4-7-13(9-14)16(19)20/h1-9H,10-11H2,(H,17,18)(H,19,20). The number of rotatable bonds is 6. The van der Waals surface area contributed by atoms with Crippen LogP contribution in [0.4, 0.5) is 0 Å².